The second kappa shape index (κ2) is 9.16. The van der Waals surface area contributed by atoms with Crippen molar-refractivity contribution in [3.63, 3.8) is 0 Å². The maximum atomic E-state index is 12.9. The average Bonchev–Trinajstić information content (AvgIpc) is 2.71. The Morgan fingerprint density at radius 2 is 1.82 bits per heavy atom. The molecule has 0 spiro atoms. The number of carbonyl (C=O) groups is 2. The zero-order chi connectivity index (χ0) is 19.9. The molecule has 8 heteroatoms. The topological polar surface area (TPSA) is 74.8 Å². The van der Waals surface area contributed by atoms with Crippen molar-refractivity contribution < 1.29 is 18.7 Å². The van der Waals surface area contributed by atoms with Crippen LogP contribution in [-0.2, 0) is 16.0 Å². The van der Waals surface area contributed by atoms with Crippen molar-refractivity contribution in [3.05, 3.63) is 54.0 Å². The second-order valence-corrected chi connectivity index (χ2v) is 6.43. The minimum Gasteiger partial charge on any atom is -0.450 e. The van der Waals surface area contributed by atoms with Crippen LogP contribution in [0.4, 0.5) is 20.7 Å². The molecule has 0 radical (unpaired) electrons. The van der Waals surface area contributed by atoms with Crippen LogP contribution in [0, 0.1) is 5.82 Å². The average molecular weight is 386 g/mol. The summed E-state index contributed by atoms with van der Waals surface area (Å²) in [5.74, 6) is 0.274. The summed E-state index contributed by atoms with van der Waals surface area (Å²) in [7, 11) is 0. The van der Waals surface area contributed by atoms with Crippen molar-refractivity contribution in [2.24, 2.45) is 0 Å². The predicted octanol–water partition coefficient (Wildman–Crippen LogP) is 2.68. The van der Waals surface area contributed by atoms with Gasteiger partial charge in [-0.15, -0.1) is 0 Å². The fourth-order valence-corrected chi connectivity index (χ4v) is 2.97. The number of piperazine rings is 1. The summed E-state index contributed by atoms with van der Waals surface area (Å²) in [6.45, 7) is 4.66. The molecule has 0 bridgehead atoms. The molecule has 7 nitrogen and oxygen atoms in total. The highest BCUT2D eigenvalue weighted by molar-refractivity contribution is 5.92. The van der Waals surface area contributed by atoms with Crippen LogP contribution >= 0.6 is 0 Å². The molecule has 2 aromatic rings. The Kier molecular flexibility index (Phi) is 6.41. The van der Waals surface area contributed by atoms with Gasteiger partial charge in [0.25, 0.3) is 0 Å². The van der Waals surface area contributed by atoms with Crippen LogP contribution in [0.15, 0.2) is 42.6 Å². The van der Waals surface area contributed by atoms with E-state index < -0.39 is 0 Å². The van der Waals surface area contributed by atoms with Gasteiger partial charge in [-0.25, -0.2) is 14.2 Å². The number of nitrogens with zero attached hydrogens (tertiary/aromatic N) is 3. The van der Waals surface area contributed by atoms with E-state index in [1.54, 1.807) is 36.2 Å². The van der Waals surface area contributed by atoms with E-state index in [1.807, 2.05) is 6.07 Å². The SMILES string of the molecule is CCOC(=O)N1CCN(c2ccc(NC(=O)Cc3ccc(F)cc3)cn2)CC1. The molecule has 1 N–H and O–H groups in total. The van der Waals surface area contributed by atoms with E-state index in [2.05, 4.69) is 15.2 Å². The van der Waals surface area contributed by atoms with Crippen LogP contribution in [0.3, 0.4) is 0 Å². The molecule has 1 aromatic heterocycles. The molecule has 2 amide bonds. The van der Waals surface area contributed by atoms with E-state index in [0.29, 0.717) is 38.5 Å². The van der Waals surface area contributed by atoms with Gasteiger partial charge in [-0.05, 0) is 36.8 Å². The Morgan fingerprint density at radius 3 is 2.43 bits per heavy atom. The number of hydrogen-bond donors (Lipinski definition) is 1. The van der Waals surface area contributed by atoms with Crippen molar-refractivity contribution >= 4 is 23.5 Å². The zero-order valence-electron chi connectivity index (χ0n) is 15.7. The first kappa shape index (κ1) is 19.6. The second-order valence-electron chi connectivity index (χ2n) is 6.43. The fraction of sp³-hybridized carbons (Fsp3) is 0.350. The number of amides is 2. The molecular weight excluding hydrogens is 363 g/mol. The van der Waals surface area contributed by atoms with Gasteiger partial charge in [0, 0.05) is 26.2 Å². The van der Waals surface area contributed by atoms with Gasteiger partial charge in [-0.2, -0.15) is 0 Å². The lowest BCUT2D eigenvalue weighted by atomic mass is 10.1. The minimum absolute atomic E-state index is 0.165. The molecule has 0 saturated carbocycles. The van der Waals surface area contributed by atoms with Crippen LogP contribution in [0.2, 0.25) is 0 Å². The van der Waals surface area contributed by atoms with Crippen LogP contribution in [0.5, 0.6) is 0 Å². The van der Waals surface area contributed by atoms with Crippen molar-refractivity contribution in [2.45, 2.75) is 13.3 Å². The standard InChI is InChI=1S/C20H23FN4O3/c1-2-28-20(27)25-11-9-24(10-12-25)18-8-7-17(14-22-18)23-19(26)13-15-3-5-16(21)6-4-15/h3-8,14H,2,9-13H2,1H3,(H,23,26). The maximum Gasteiger partial charge on any atom is 0.409 e. The molecule has 3 rings (SSSR count). The summed E-state index contributed by atoms with van der Waals surface area (Å²) in [5.41, 5.74) is 1.34. The van der Waals surface area contributed by atoms with Gasteiger partial charge < -0.3 is 19.9 Å². The molecule has 0 atom stereocenters. The highest BCUT2D eigenvalue weighted by Gasteiger charge is 2.22. The number of halogens is 1. The van der Waals surface area contributed by atoms with Crippen LogP contribution in [0.1, 0.15) is 12.5 Å². The lowest BCUT2D eigenvalue weighted by molar-refractivity contribution is -0.115. The van der Waals surface area contributed by atoms with Gasteiger partial charge in [-0.3, -0.25) is 4.79 Å². The van der Waals surface area contributed by atoms with Crippen molar-refractivity contribution in [2.75, 3.05) is 43.0 Å². The lowest BCUT2D eigenvalue weighted by Gasteiger charge is -2.34. The molecule has 1 aromatic carbocycles. The van der Waals surface area contributed by atoms with Gasteiger partial charge in [0.1, 0.15) is 11.6 Å². The first-order chi connectivity index (χ1) is 13.5. The van der Waals surface area contributed by atoms with E-state index in [0.717, 1.165) is 11.4 Å². The van der Waals surface area contributed by atoms with E-state index in [9.17, 15) is 14.0 Å². The first-order valence-electron chi connectivity index (χ1n) is 9.22. The number of rotatable bonds is 5. The van der Waals surface area contributed by atoms with Crippen molar-refractivity contribution in [1.29, 1.82) is 0 Å². The first-order valence-corrected chi connectivity index (χ1v) is 9.22. The molecule has 28 heavy (non-hydrogen) atoms. The highest BCUT2D eigenvalue weighted by atomic mass is 19.1. The van der Waals surface area contributed by atoms with E-state index in [1.165, 1.54) is 12.1 Å². The van der Waals surface area contributed by atoms with Crippen molar-refractivity contribution in [1.82, 2.24) is 9.88 Å². The zero-order valence-corrected chi connectivity index (χ0v) is 15.7. The van der Waals surface area contributed by atoms with Gasteiger partial charge in [0.05, 0.1) is 24.9 Å². The third-order valence-electron chi connectivity index (χ3n) is 4.44. The number of nitrogens with one attached hydrogen (secondary N) is 1. The maximum absolute atomic E-state index is 12.9. The Morgan fingerprint density at radius 1 is 1.11 bits per heavy atom. The highest BCUT2D eigenvalue weighted by Crippen LogP contribution is 2.17. The predicted molar refractivity (Wildman–Crippen MR) is 104 cm³/mol. The number of pyridine rings is 1. The number of aromatic nitrogens is 1. The van der Waals surface area contributed by atoms with Crippen molar-refractivity contribution in [3.8, 4) is 0 Å². The Bertz CT molecular complexity index is 803. The minimum atomic E-state index is -0.327. The van der Waals surface area contributed by atoms with Crippen LogP contribution in [0.25, 0.3) is 0 Å². The Labute approximate surface area is 163 Å². The largest absolute Gasteiger partial charge is 0.450 e. The normalized spacial score (nSPS) is 13.9. The molecule has 148 valence electrons. The van der Waals surface area contributed by atoms with Crippen LogP contribution < -0.4 is 10.2 Å². The molecule has 2 heterocycles. The summed E-state index contributed by atoms with van der Waals surface area (Å²) in [6.07, 6.45) is 1.49. The monoisotopic (exact) mass is 386 g/mol. The fourth-order valence-electron chi connectivity index (χ4n) is 2.97. The van der Waals surface area contributed by atoms with Gasteiger partial charge in [0.2, 0.25) is 5.91 Å². The third kappa shape index (κ3) is 5.18. The summed E-state index contributed by atoms with van der Waals surface area (Å²) in [5, 5.41) is 2.79. The van der Waals surface area contributed by atoms with Gasteiger partial charge in [0.15, 0.2) is 0 Å². The molecular formula is C20H23FN4O3. The number of anilines is 2. The molecule has 1 fully saturated rings. The summed E-state index contributed by atoms with van der Waals surface area (Å²) in [6, 6.07) is 9.48. The summed E-state index contributed by atoms with van der Waals surface area (Å²) in [4.78, 5) is 32.0. The molecule has 0 unspecified atom stereocenters. The number of benzene rings is 1. The quantitative estimate of drug-likeness (QED) is 0.855. The molecule has 1 aliphatic heterocycles. The van der Waals surface area contributed by atoms with E-state index >= 15 is 0 Å². The lowest BCUT2D eigenvalue weighted by Crippen LogP contribution is -2.49. The van der Waals surface area contributed by atoms with Gasteiger partial charge >= 0.3 is 6.09 Å². The number of ether oxygens (including phenoxy) is 1. The smallest absolute Gasteiger partial charge is 0.409 e. The van der Waals surface area contributed by atoms with Gasteiger partial charge in [-0.1, -0.05) is 12.1 Å². The molecule has 1 aliphatic rings. The number of carbonyl (C=O) groups excluding carboxylic acids is 2. The van der Waals surface area contributed by atoms with E-state index in [4.69, 9.17) is 4.74 Å². The summed E-state index contributed by atoms with van der Waals surface area (Å²) < 4.78 is 17.9. The third-order valence-corrected chi connectivity index (χ3v) is 4.44. The molecule has 1 saturated heterocycles. The molecule has 0 aliphatic carbocycles. The summed E-state index contributed by atoms with van der Waals surface area (Å²) >= 11 is 0. The van der Waals surface area contributed by atoms with Crippen LogP contribution in [-0.4, -0.2) is 54.7 Å². The number of hydrogen-bond acceptors (Lipinski definition) is 5. The Balaban J connectivity index is 1.50. The van der Waals surface area contributed by atoms with E-state index in [-0.39, 0.29) is 24.2 Å². The Hall–Kier alpha value is -3.16.